The third-order valence-corrected chi connectivity index (χ3v) is 4.02. The second kappa shape index (κ2) is 6.72. The van der Waals surface area contributed by atoms with Crippen LogP contribution in [0.5, 0.6) is 0 Å². The van der Waals surface area contributed by atoms with E-state index in [9.17, 15) is 0 Å². The summed E-state index contributed by atoms with van der Waals surface area (Å²) in [6.45, 7) is 16.1. The average Bonchev–Trinajstić information content (AvgIpc) is 2.29. The van der Waals surface area contributed by atoms with E-state index in [0.29, 0.717) is 11.5 Å². The monoisotopic (exact) mass is 241 g/mol. The molecule has 0 amide bonds. The first-order chi connectivity index (χ1) is 7.94. The molecule has 0 saturated carbocycles. The van der Waals surface area contributed by atoms with E-state index < -0.39 is 0 Å². The lowest BCUT2D eigenvalue weighted by Gasteiger charge is -2.37. The van der Waals surface area contributed by atoms with Crippen molar-refractivity contribution in [2.75, 3.05) is 39.3 Å². The van der Waals surface area contributed by atoms with Gasteiger partial charge >= 0.3 is 0 Å². The Balaban J connectivity index is 2.14. The Hall–Kier alpha value is -0.120. The Kier molecular flexibility index (Phi) is 5.90. The lowest BCUT2D eigenvalue weighted by Crippen LogP contribution is -2.49. The highest BCUT2D eigenvalue weighted by Gasteiger charge is 2.20. The second-order valence-corrected chi connectivity index (χ2v) is 6.44. The van der Waals surface area contributed by atoms with E-state index in [1.54, 1.807) is 0 Å². The molecule has 1 saturated heterocycles. The Labute approximate surface area is 107 Å². The lowest BCUT2D eigenvalue weighted by atomic mass is 9.88. The van der Waals surface area contributed by atoms with Crippen LogP contribution in [-0.2, 0) is 0 Å². The molecule has 1 rings (SSSR count). The van der Waals surface area contributed by atoms with Crippen molar-refractivity contribution in [1.29, 1.82) is 0 Å². The molecule has 0 unspecified atom stereocenters. The van der Waals surface area contributed by atoms with Crippen LogP contribution >= 0.6 is 0 Å². The van der Waals surface area contributed by atoms with E-state index in [1.807, 2.05) is 0 Å². The molecule has 17 heavy (non-hydrogen) atoms. The molecule has 3 nitrogen and oxygen atoms in total. The van der Waals surface area contributed by atoms with E-state index in [0.717, 1.165) is 6.54 Å². The van der Waals surface area contributed by atoms with Gasteiger partial charge in [0.25, 0.3) is 0 Å². The molecular weight excluding hydrogens is 210 g/mol. The van der Waals surface area contributed by atoms with Gasteiger partial charge in [0, 0.05) is 32.2 Å². The van der Waals surface area contributed by atoms with Gasteiger partial charge in [0.05, 0.1) is 0 Å². The molecule has 1 fully saturated rings. The fourth-order valence-electron chi connectivity index (χ4n) is 2.39. The molecule has 1 aliphatic heterocycles. The molecule has 0 aromatic rings. The third kappa shape index (κ3) is 5.36. The summed E-state index contributed by atoms with van der Waals surface area (Å²) >= 11 is 0. The molecule has 0 radical (unpaired) electrons. The van der Waals surface area contributed by atoms with Crippen LogP contribution in [0.1, 0.15) is 40.5 Å². The highest BCUT2D eigenvalue weighted by atomic mass is 15.3. The third-order valence-electron chi connectivity index (χ3n) is 4.02. The van der Waals surface area contributed by atoms with Gasteiger partial charge in [-0.05, 0) is 45.2 Å². The summed E-state index contributed by atoms with van der Waals surface area (Å²) in [5.74, 6) is 0. The number of nitrogens with two attached hydrogens (primary N) is 1. The molecule has 0 atom stereocenters. The van der Waals surface area contributed by atoms with Gasteiger partial charge in [-0.1, -0.05) is 13.8 Å². The largest absolute Gasteiger partial charge is 0.330 e. The maximum atomic E-state index is 5.76. The summed E-state index contributed by atoms with van der Waals surface area (Å²) < 4.78 is 0. The molecule has 102 valence electrons. The van der Waals surface area contributed by atoms with E-state index in [1.165, 1.54) is 45.6 Å². The average molecular weight is 241 g/mol. The number of hydrogen-bond acceptors (Lipinski definition) is 3. The minimum Gasteiger partial charge on any atom is -0.330 e. The van der Waals surface area contributed by atoms with Crippen molar-refractivity contribution >= 4 is 0 Å². The van der Waals surface area contributed by atoms with Crippen molar-refractivity contribution < 1.29 is 0 Å². The van der Waals surface area contributed by atoms with Crippen molar-refractivity contribution in [2.24, 2.45) is 11.1 Å². The first kappa shape index (κ1) is 14.9. The van der Waals surface area contributed by atoms with Gasteiger partial charge in [-0.25, -0.2) is 0 Å². The molecular formula is C14H31N3. The summed E-state index contributed by atoms with van der Waals surface area (Å²) in [5, 5.41) is 0. The van der Waals surface area contributed by atoms with Crippen molar-refractivity contribution in [3.8, 4) is 0 Å². The molecule has 0 spiro atoms. The predicted octanol–water partition coefficient (Wildman–Crippen LogP) is 1.78. The first-order valence-electron chi connectivity index (χ1n) is 7.11. The summed E-state index contributed by atoms with van der Waals surface area (Å²) in [6, 6.07) is 0.702. The van der Waals surface area contributed by atoms with Crippen LogP contribution in [-0.4, -0.2) is 55.1 Å². The highest BCUT2D eigenvalue weighted by molar-refractivity contribution is 4.75. The fourth-order valence-corrected chi connectivity index (χ4v) is 2.39. The van der Waals surface area contributed by atoms with E-state index in [-0.39, 0.29) is 0 Å². The van der Waals surface area contributed by atoms with Crippen molar-refractivity contribution in [3.05, 3.63) is 0 Å². The van der Waals surface area contributed by atoms with Gasteiger partial charge < -0.3 is 10.6 Å². The topological polar surface area (TPSA) is 32.5 Å². The number of rotatable bonds is 6. The van der Waals surface area contributed by atoms with Crippen LogP contribution < -0.4 is 5.73 Å². The van der Waals surface area contributed by atoms with E-state index in [4.69, 9.17) is 5.73 Å². The fraction of sp³-hybridized carbons (Fsp3) is 1.00. The molecule has 0 bridgehead atoms. The highest BCUT2D eigenvalue weighted by Crippen LogP contribution is 2.20. The molecule has 3 heteroatoms. The standard InChI is InChI=1S/C14H31N3/c1-13(2)17-10-8-16(9-11-17)7-5-6-14(3,4)12-15/h13H,5-12,15H2,1-4H3. The molecule has 0 aromatic heterocycles. The van der Waals surface area contributed by atoms with Gasteiger partial charge in [0.2, 0.25) is 0 Å². The predicted molar refractivity (Wildman–Crippen MR) is 75.2 cm³/mol. The van der Waals surface area contributed by atoms with E-state index in [2.05, 4.69) is 37.5 Å². The van der Waals surface area contributed by atoms with Crippen molar-refractivity contribution in [3.63, 3.8) is 0 Å². The zero-order chi connectivity index (χ0) is 12.9. The van der Waals surface area contributed by atoms with Crippen LogP contribution in [0.25, 0.3) is 0 Å². The van der Waals surface area contributed by atoms with Gasteiger partial charge in [-0.2, -0.15) is 0 Å². The molecule has 1 aliphatic rings. The van der Waals surface area contributed by atoms with Crippen LogP contribution in [0.4, 0.5) is 0 Å². The lowest BCUT2D eigenvalue weighted by molar-refractivity contribution is 0.105. The molecule has 2 N–H and O–H groups in total. The SMILES string of the molecule is CC(C)N1CCN(CCCC(C)(C)CN)CC1. The van der Waals surface area contributed by atoms with Crippen LogP contribution in [0.2, 0.25) is 0 Å². The molecule has 0 aromatic carbocycles. The molecule has 0 aliphatic carbocycles. The van der Waals surface area contributed by atoms with Crippen molar-refractivity contribution in [1.82, 2.24) is 9.80 Å². The zero-order valence-corrected chi connectivity index (χ0v) is 12.2. The number of nitrogens with zero attached hydrogens (tertiary/aromatic N) is 2. The smallest absolute Gasteiger partial charge is 0.0113 e. The normalized spacial score (nSPS) is 20.1. The number of hydrogen-bond donors (Lipinski definition) is 1. The zero-order valence-electron chi connectivity index (χ0n) is 12.2. The van der Waals surface area contributed by atoms with Crippen LogP contribution in [0, 0.1) is 5.41 Å². The van der Waals surface area contributed by atoms with Gasteiger partial charge in [-0.3, -0.25) is 4.90 Å². The summed E-state index contributed by atoms with van der Waals surface area (Å²) in [4.78, 5) is 5.17. The Morgan fingerprint density at radius 2 is 1.71 bits per heavy atom. The summed E-state index contributed by atoms with van der Waals surface area (Å²) in [6.07, 6.45) is 2.53. The summed E-state index contributed by atoms with van der Waals surface area (Å²) in [5.41, 5.74) is 6.08. The van der Waals surface area contributed by atoms with Crippen LogP contribution in [0.3, 0.4) is 0 Å². The van der Waals surface area contributed by atoms with Crippen LogP contribution in [0.15, 0.2) is 0 Å². The number of piperazine rings is 1. The minimum absolute atomic E-state index is 0.319. The van der Waals surface area contributed by atoms with Crippen molar-refractivity contribution in [2.45, 2.75) is 46.6 Å². The maximum Gasteiger partial charge on any atom is 0.0113 e. The van der Waals surface area contributed by atoms with Gasteiger partial charge in [0.1, 0.15) is 0 Å². The quantitative estimate of drug-likeness (QED) is 0.769. The van der Waals surface area contributed by atoms with Gasteiger partial charge in [-0.15, -0.1) is 0 Å². The summed E-state index contributed by atoms with van der Waals surface area (Å²) in [7, 11) is 0. The Morgan fingerprint density at radius 1 is 1.12 bits per heavy atom. The van der Waals surface area contributed by atoms with E-state index >= 15 is 0 Å². The van der Waals surface area contributed by atoms with Gasteiger partial charge in [0.15, 0.2) is 0 Å². The maximum absolute atomic E-state index is 5.76. The Morgan fingerprint density at radius 3 is 2.18 bits per heavy atom. The second-order valence-electron chi connectivity index (χ2n) is 6.44. The minimum atomic E-state index is 0.319. The first-order valence-corrected chi connectivity index (χ1v) is 7.11. The molecule has 1 heterocycles. The Bertz CT molecular complexity index is 206.